The molecule has 0 saturated carbocycles. The minimum Gasteiger partial charge on any atom is -0.337 e. The van der Waals surface area contributed by atoms with E-state index < -0.39 is 10.0 Å². The van der Waals surface area contributed by atoms with E-state index in [1.54, 1.807) is 22.6 Å². The number of rotatable bonds is 3. The molecule has 1 fully saturated rings. The van der Waals surface area contributed by atoms with Gasteiger partial charge in [0.25, 0.3) is 0 Å². The molecule has 118 valence electrons. The second-order valence-corrected chi connectivity index (χ2v) is 7.36. The molecule has 3 rings (SSSR count). The van der Waals surface area contributed by atoms with Crippen molar-refractivity contribution in [2.45, 2.75) is 17.9 Å². The first kappa shape index (κ1) is 15.2. The molecule has 0 spiro atoms. The molecule has 1 aromatic carbocycles. The molecule has 1 aliphatic rings. The van der Waals surface area contributed by atoms with E-state index in [0.717, 1.165) is 11.4 Å². The van der Waals surface area contributed by atoms with Crippen molar-refractivity contribution in [2.24, 2.45) is 7.05 Å². The second-order valence-electron chi connectivity index (χ2n) is 5.50. The van der Waals surface area contributed by atoms with Gasteiger partial charge in [-0.1, -0.05) is 18.2 Å². The summed E-state index contributed by atoms with van der Waals surface area (Å²) in [6, 6.07) is 6.81. The van der Waals surface area contributed by atoms with Gasteiger partial charge in [0.05, 0.1) is 10.9 Å². The van der Waals surface area contributed by atoms with Gasteiger partial charge in [-0.15, -0.1) is 0 Å². The lowest BCUT2D eigenvalue weighted by Gasteiger charge is -2.35. The van der Waals surface area contributed by atoms with Gasteiger partial charge in [-0.2, -0.15) is 4.31 Å². The first-order valence-corrected chi connectivity index (χ1v) is 8.71. The molecule has 0 aliphatic carbocycles. The fraction of sp³-hybridized carbons (Fsp3) is 0.400. The number of aryl methyl sites for hydroxylation is 2. The zero-order valence-electron chi connectivity index (χ0n) is 12.7. The highest BCUT2D eigenvalue weighted by molar-refractivity contribution is 7.89. The molecule has 1 aliphatic heterocycles. The van der Waals surface area contributed by atoms with Crippen molar-refractivity contribution in [3.8, 4) is 0 Å². The average Bonchev–Trinajstić information content (AvgIpc) is 2.93. The third-order valence-corrected chi connectivity index (χ3v) is 6.10. The van der Waals surface area contributed by atoms with Crippen LogP contribution in [0.4, 0.5) is 0 Å². The van der Waals surface area contributed by atoms with E-state index in [0.29, 0.717) is 24.5 Å². The summed E-state index contributed by atoms with van der Waals surface area (Å²) < 4.78 is 29.6. The molecule has 2 aromatic rings. The van der Waals surface area contributed by atoms with Gasteiger partial charge in [-0.05, 0) is 18.6 Å². The van der Waals surface area contributed by atoms with Gasteiger partial charge in [0.2, 0.25) is 10.0 Å². The van der Waals surface area contributed by atoms with Crippen molar-refractivity contribution in [1.82, 2.24) is 19.2 Å². The van der Waals surface area contributed by atoms with Gasteiger partial charge in [0, 0.05) is 39.1 Å². The van der Waals surface area contributed by atoms with Crippen molar-refractivity contribution in [3.05, 3.63) is 48.0 Å². The number of hydrogen-bond donors (Lipinski definition) is 1. The van der Waals surface area contributed by atoms with E-state index in [4.69, 9.17) is 0 Å². The van der Waals surface area contributed by atoms with Gasteiger partial charge in [-0.25, -0.2) is 13.4 Å². The predicted molar refractivity (Wildman–Crippen MR) is 83.9 cm³/mol. The predicted octanol–water partition coefficient (Wildman–Crippen LogP) is 1.06. The van der Waals surface area contributed by atoms with E-state index in [-0.39, 0.29) is 6.04 Å². The van der Waals surface area contributed by atoms with Crippen LogP contribution in [0.5, 0.6) is 0 Å². The summed E-state index contributed by atoms with van der Waals surface area (Å²) in [6.07, 6.45) is 3.53. The molecule has 0 bridgehead atoms. The number of hydrogen-bond acceptors (Lipinski definition) is 4. The molecule has 1 aromatic heterocycles. The fourth-order valence-corrected chi connectivity index (χ4v) is 4.68. The number of imidazole rings is 1. The SMILES string of the molecule is Cc1ccccc1S(=O)(=O)N1CCNCC1c1nccn1C. The highest BCUT2D eigenvalue weighted by Crippen LogP contribution is 2.29. The standard InChI is InChI=1S/C15H20N4O2S/c1-12-5-3-4-6-14(12)22(20,21)19-10-7-16-11-13(19)15-17-8-9-18(15)2/h3-6,8-9,13,16H,7,10-11H2,1-2H3. The van der Waals surface area contributed by atoms with E-state index in [1.807, 2.05) is 36.9 Å². The third-order valence-electron chi connectivity index (χ3n) is 4.03. The van der Waals surface area contributed by atoms with Crippen molar-refractivity contribution >= 4 is 10.0 Å². The van der Waals surface area contributed by atoms with Crippen LogP contribution in [-0.4, -0.2) is 41.9 Å². The van der Waals surface area contributed by atoms with Crippen LogP contribution in [0.15, 0.2) is 41.6 Å². The van der Waals surface area contributed by atoms with Gasteiger partial charge >= 0.3 is 0 Å². The molecule has 1 N–H and O–H groups in total. The molecular weight excluding hydrogens is 300 g/mol. The Hall–Kier alpha value is -1.70. The Morgan fingerprint density at radius 2 is 2.09 bits per heavy atom. The number of piperazine rings is 1. The highest BCUT2D eigenvalue weighted by atomic mass is 32.2. The average molecular weight is 320 g/mol. The smallest absolute Gasteiger partial charge is 0.244 e. The maximum absolute atomic E-state index is 13.1. The number of sulfonamides is 1. The molecule has 6 nitrogen and oxygen atoms in total. The van der Waals surface area contributed by atoms with Gasteiger partial charge in [0.1, 0.15) is 5.82 Å². The summed E-state index contributed by atoms with van der Waals surface area (Å²) in [5.41, 5.74) is 0.764. The fourth-order valence-electron chi connectivity index (χ4n) is 2.86. The van der Waals surface area contributed by atoms with Crippen molar-refractivity contribution in [3.63, 3.8) is 0 Å². The topological polar surface area (TPSA) is 67.2 Å². The lowest BCUT2D eigenvalue weighted by molar-refractivity contribution is 0.258. The first-order chi connectivity index (χ1) is 10.5. The van der Waals surface area contributed by atoms with E-state index in [2.05, 4.69) is 10.3 Å². The Bertz CT molecular complexity index is 769. The maximum Gasteiger partial charge on any atom is 0.244 e. The van der Waals surface area contributed by atoms with Gasteiger partial charge < -0.3 is 9.88 Å². The Kier molecular flexibility index (Phi) is 4.03. The van der Waals surface area contributed by atoms with Crippen LogP contribution in [0.25, 0.3) is 0 Å². The Morgan fingerprint density at radius 1 is 1.32 bits per heavy atom. The summed E-state index contributed by atoms with van der Waals surface area (Å²) in [6.45, 7) is 3.47. The molecule has 1 saturated heterocycles. The Labute approximate surface area is 130 Å². The molecule has 0 amide bonds. The monoisotopic (exact) mass is 320 g/mol. The van der Waals surface area contributed by atoms with Crippen LogP contribution in [0, 0.1) is 6.92 Å². The van der Waals surface area contributed by atoms with Crippen LogP contribution in [0.2, 0.25) is 0 Å². The highest BCUT2D eigenvalue weighted by Gasteiger charge is 2.36. The molecule has 7 heteroatoms. The molecule has 22 heavy (non-hydrogen) atoms. The summed E-state index contributed by atoms with van der Waals surface area (Å²) in [4.78, 5) is 4.71. The van der Waals surface area contributed by atoms with Crippen LogP contribution < -0.4 is 5.32 Å². The van der Waals surface area contributed by atoms with Crippen molar-refractivity contribution in [2.75, 3.05) is 19.6 Å². The van der Waals surface area contributed by atoms with Gasteiger partial charge in [0.15, 0.2) is 0 Å². The maximum atomic E-state index is 13.1. The summed E-state index contributed by atoms with van der Waals surface area (Å²) >= 11 is 0. The minimum atomic E-state index is -3.54. The summed E-state index contributed by atoms with van der Waals surface area (Å²) in [7, 11) is -1.66. The molecule has 1 unspecified atom stereocenters. The molecule has 2 heterocycles. The number of nitrogens with one attached hydrogen (secondary N) is 1. The van der Waals surface area contributed by atoms with E-state index in [9.17, 15) is 8.42 Å². The van der Waals surface area contributed by atoms with Crippen molar-refractivity contribution in [1.29, 1.82) is 0 Å². The Morgan fingerprint density at radius 3 is 2.77 bits per heavy atom. The zero-order chi connectivity index (χ0) is 15.7. The number of aromatic nitrogens is 2. The van der Waals surface area contributed by atoms with Crippen LogP contribution in [0.3, 0.4) is 0 Å². The first-order valence-electron chi connectivity index (χ1n) is 7.27. The van der Waals surface area contributed by atoms with E-state index >= 15 is 0 Å². The number of nitrogens with zero attached hydrogens (tertiary/aromatic N) is 3. The summed E-state index contributed by atoms with van der Waals surface area (Å²) in [5, 5.41) is 3.26. The normalized spacial score (nSPS) is 20.2. The zero-order valence-corrected chi connectivity index (χ0v) is 13.5. The largest absolute Gasteiger partial charge is 0.337 e. The molecule has 1 atom stereocenters. The second kappa shape index (κ2) is 5.83. The lowest BCUT2D eigenvalue weighted by atomic mass is 10.2. The lowest BCUT2D eigenvalue weighted by Crippen LogP contribution is -2.49. The van der Waals surface area contributed by atoms with Crippen LogP contribution in [-0.2, 0) is 17.1 Å². The minimum absolute atomic E-state index is 0.293. The van der Waals surface area contributed by atoms with Crippen LogP contribution >= 0.6 is 0 Å². The molecular formula is C15H20N4O2S. The van der Waals surface area contributed by atoms with E-state index in [1.165, 1.54) is 0 Å². The number of benzene rings is 1. The summed E-state index contributed by atoms with van der Waals surface area (Å²) in [5.74, 6) is 0.754. The quantitative estimate of drug-likeness (QED) is 0.918. The van der Waals surface area contributed by atoms with Crippen molar-refractivity contribution < 1.29 is 8.42 Å². The third kappa shape index (κ3) is 2.55. The Balaban J connectivity index is 2.04. The van der Waals surface area contributed by atoms with Gasteiger partial charge in [-0.3, -0.25) is 0 Å². The molecule has 0 radical (unpaired) electrons. The van der Waals surface area contributed by atoms with Crippen LogP contribution in [0.1, 0.15) is 17.4 Å².